The molecule has 1 aromatic carbocycles. The molecular formula is C9H9BrClN5O. The number of hydrogen-bond donors (Lipinski definition) is 4. The number of benzene rings is 1. The van der Waals surface area contributed by atoms with Crippen molar-refractivity contribution >= 4 is 50.9 Å². The van der Waals surface area contributed by atoms with Crippen LogP contribution in [0.1, 0.15) is 0 Å². The molecule has 6 nitrogen and oxygen atoms in total. The topological polar surface area (TPSA) is 111 Å². The Morgan fingerprint density at radius 3 is 2.82 bits per heavy atom. The lowest BCUT2D eigenvalue weighted by atomic mass is 10.2. The highest BCUT2D eigenvalue weighted by atomic mass is 79.9. The van der Waals surface area contributed by atoms with Crippen molar-refractivity contribution in [2.24, 2.45) is 16.0 Å². The fraction of sp³-hybridized carbons (Fsp3) is 0. The number of aromatic amines is 1. The molecule has 1 heterocycles. The number of nitrogens with one attached hydrogen (secondary N) is 2. The van der Waals surface area contributed by atoms with E-state index in [0.29, 0.717) is 5.39 Å². The highest BCUT2D eigenvalue weighted by Gasteiger charge is 2.10. The molecule has 0 aliphatic rings. The molecule has 0 amide bonds. The summed E-state index contributed by atoms with van der Waals surface area (Å²) in [6.07, 6.45) is 0. The van der Waals surface area contributed by atoms with Gasteiger partial charge in [-0.25, -0.2) is 0 Å². The van der Waals surface area contributed by atoms with Gasteiger partial charge in [0.2, 0.25) is 11.8 Å². The smallest absolute Gasteiger partial charge is 0.232 e. The molecule has 2 aromatic rings. The van der Waals surface area contributed by atoms with Crippen molar-refractivity contribution in [2.45, 2.75) is 0 Å². The Morgan fingerprint density at radius 2 is 2.18 bits per heavy atom. The van der Waals surface area contributed by atoms with Crippen LogP contribution in [0, 0.1) is 5.41 Å². The third-order valence-corrected chi connectivity index (χ3v) is 2.47. The first-order chi connectivity index (χ1) is 7.58. The summed E-state index contributed by atoms with van der Waals surface area (Å²) in [5, 5.41) is 24.3. The van der Waals surface area contributed by atoms with Crippen LogP contribution in [0.15, 0.2) is 32.9 Å². The lowest BCUT2D eigenvalue weighted by molar-refractivity contribution is 0.459. The van der Waals surface area contributed by atoms with Gasteiger partial charge in [0.1, 0.15) is 0 Å². The number of aromatic nitrogens is 1. The number of guanidine groups is 1. The molecule has 1 aromatic heterocycles. The zero-order valence-corrected chi connectivity index (χ0v) is 10.8. The molecular weight excluding hydrogens is 309 g/mol. The molecule has 8 heteroatoms. The van der Waals surface area contributed by atoms with Crippen molar-refractivity contribution in [2.75, 3.05) is 0 Å². The number of azo groups is 1. The van der Waals surface area contributed by atoms with Crippen LogP contribution in [0.5, 0.6) is 5.88 Å². The van der Waals surface area contributed by atoms with E-state index in [1.807, 2.05) is 6.07 Å². The minimum absolute atomic E-state index is 0. The Morgan fingerprint density at radius 1 is 1.47 bits per heavy atom. The minimum atomic E-state index is -0.413. The van der Waals surface area contributed by atoms with Crippen molar-refractivity contribution in [1.82, 2.24) is 4.98 Å². The van der Waals surface area contributed by atoms with Crippen molar-refractivity contribution in [3.05, 3.63) is 22.7 Å². The van der Waals surface area contributed by atoms with Crippen molar-refractivity contribution < 1.29 is 5.11 Å². The summed E-state index contributed by atoms with van der Waals surface area (Å²) < 4.78 is 0.860. The molecule has 0 unspecified atom stereocenters. The predicted octanol–water partition coefficient (Wildman–Crippen LogP) is 3.03. The van der Waals surface area contributed by atoms with Crippen molar-refractivity contribution in [3.8, 4) is 5.88 Å². The van der Waals surface area contributed by atoms with Gasteiger partial charge in [0, 0.05) is 9.86 Å². The average Bonchev–Trinajstić information content (AvgIpc) is 2.51. The van der Waals surface area contributed by atoms with Gasteiger partial charge in [0.05, 0.1) is 5.52 Å². The third-order valence-electron chi connectivity index (χ3n) is 1.97. The number of rotatable bonds is 1. The van der Waals surface area contributed by atoms with E-state index < -0.39 is 5.96 Å². The van der Waals surface area contributed by atoms with Crippen LogP contribution in [0.3, 0.4) is 0 Å². The van der Waals surface area contributed by atoms with Gasteiger partial charge in [0.15, 0.2) is 5.69 Å². The third kappa shape index (κ3) is 2.75. The first-order valence-electron chi connectivity index (χ1n) is 4.34. The fourth-order valence-corrected chi connectivity index (χ4v) is 1.70. The van der Waals surface area contributed by atoms with E-state index >= 15 is 0 Å². The number of aromatic hydroxyl groups is 1. The number of H-pyrrole nitrogens is 1. The van der Waals surface area contributed by atoms with E-state index in [9.17, 15) is 5.11 Å². The molecule has 0 fully saturated rings. The Labute approximate surface area is 111 Å². The van der Waals surface area contributed by atoms with Crippen LogP contribution < -0.4 is 5.73 Å². The Kier molecular flexibility index (Phi) is 4.08. The van der Waals surface area contributed by atoms with Gasteiger partial charge in [-0.3, -0.25) is 5.41 Å². The van der Waals surface area contributed by atoms with Crippen LogP contribution in [0.4, 0.5) is 5.69 Å². The summed E-state index contributed by atoms with van der Waals surface area (Å²) in [4.78, 5) is 2.75. The molecule has 0 atom stereocenters. The maximum absolute atomic E-state index is 9.60. The van der Waals surface area contributed by atoms with Crippen LogP contribution in [0.25, 0.3) is 10.9 Å². The largest absolute Gasteiger partial charge is 0.493 e. The summed E-state index contributed by atoms with van der Waals surface area (Å²) >= 11 is 3.32. The minimum Gasteiger partial charge on any atom is -0.493 e. The molecule has 0 aliphatic carbocycles. The molecule has 0 spiro atoms. The summed E-state index contributed by atoms with van der Waals surface area (Å²) in [7, 11) is 0. The average molecular weight is 319 g/mol. The van der Waals surface area contributed by atoms with Crippen molar-refractivity contribution in [1.29, 1.82) is 5.41 Å². The highest BCUT2D eigenvalue weighted by molar-refractivity contribution is 9.10. The quantitative estimate of drug-likeness (QED) is 0.368. The van der Waals surface area contributed by atoms with Crippen molar-refractivity contribution in [3.63, 3.8) is 0 Å². The second kappa shape index (κ2) is 5.15. The first kappa shape index (κ1) is 13.5. The van der Waals surface area contributed by atoms with Gasteiger partial charge in [0.25, 0.3) is 0 Å². The summed E-state index contributed by atoms with van der Waals surface area (Å²) in [6, 6.07) is 5.43. The van der Waals surface area contributed by atoms with Gasteiger partial charge in [-0.15, -0.1) is 22.6 Å². The van der Waals surface area contributed by atoms with Crippen LogP contribution in [-0.4, -0.2) is 16.1 Å². The van der Waals surface area contributed by atoms with Crippen LogP contribution >= 0.6 is 28.3 Å². The molecule has 90 valence electrons. The monoisotopic (exact) mass is 317 g/mol. The maximum Gasteiger partial charge on any atom is 0.232 e. The van der Waals surface area contributed by atoms with E-state index in [1.165, 1.54) is 0 Å². The van der Waals surface area contributed by atoms with Gasteiger partial charge in [-0.2, -0.15) is 0 Å². The lowest BCUT2D eigenvalue weighted by Crippen LogP contribution is -2.03. The van der Waals surface area contributed by atoms with E-state index in [1.54, 1.807) is 12.1 Å². The van der Waals surface area contributed by atoms with Crippen LogP contribution in [0.2, 0.25) is 0 Å². The zero-order valence-electron chi connectivity index (χ0n) is 8.44. The number of halogens is 2. The lowest BCUT2D eigenvalue weighted by Gasteiger charge is -1.92. The Balaban J connectivity index is 0.00000144. The van der Waals surface area contributed by atoms with E-state index in [0.717, 1.165) is 9.99 Å². The molecule has 2 rings (SSSR count). The number of nitrogens with two attached hydrogens (primary N) is 1. The van der Waals surface area contributed by atoms with Crippen LogP contribution in [-0.2, 0) is 0 Å². The van der Waals surface area contributed by atoms with E-state index in [-0.39, 0.29) is 24.0 Å². The standard InChI is InChI=1S/C9H8BrN5O.ClH/c10-4-1-2-6-5(3-4)7(8(16)13-6)14-15-9(11)12;/h1-3,13,16H,(H3,11,12);1H. The second-order valence-electron chi connectivity index (χ2n) is 3.10. The molecule has 0 bridgehead atoms. The second-order valence-corrected chi connectivity index (χ2v) is 4.01. The summed E-state index contributed by atoms with van der Waals surface area (Å²) in [5.74, 6) is -0.512. The molecule has 0 saturated heterocycles. The molecule has 0 aliphatic heterocycles. The summed E-state index contributed by atoms with van der Waals surface area (Å²) in [5.41, 5.74) is 6.06. The zero-order chi connectivity index (χ0) is 11.7. The molecule has 17 heavy (non-hydrogen) atoms. The maximum atomic E-state index is 9.60. The first-order valence-corrected chi connectivity index (χ1v) is 5.13. The van der Waals surface area contributed by atoms with Gasteiger partial charge in [-0.05, 0) is 18.2 Å². The highest BCUT2D eigenvalue weighted by Crippen LogP contribution is 2.36. The van der Waals surface area contributed by atoms with Gasteiger partial charge >= 0.3 is 0 Å². The molecule has 0 radical (unpaired) electrons. The Bertz CT molecular complexity index is 594. The van der Waals surface area contributed by atoms with E-state index in [4.69, 9.17) is 11.1 Å². The molecule has 5 N–H and O–H groups in total. The van der Waals surface area contributed by atoms with Gasteiger partial charge < -0.3 is 15.8 Å². The molecule has 0 saturated carbocycles. The fourth-order valence-electron chi connectivity index (χ4n) is 1.34. The number of fused-ring (bicyclic) bond motifs is 1. The van der Waals surface area contributed by atoms with E-state index in [2.05, 4.69) is 31.1 Å². The number of hydrogen-bond acceptors (Lipinski definition) is 3. The summed E-state index contributed by atoms with van der Waals surface area (Å²) in [6.45, 7) is 0. The SMILES string of the molecule is Cl.N=C(N)N=Nc1c(O)[nH]c2ccc(Br)cc12. The number of nitrogens with zero attached hydrogens (tertiary/aromatic N) is 2. The predicted molar refractivity (Wildman–Crippen MR) is 71.3 cm³/mol. The Hall–Kier alpha value is -1.60. The van der Waals surface area contributed by atoms with Gasteiger partial charge in [-0.1, -0.05) is 15.9 Å². The normalized spacial score (nSPS) is 10.6.